The molecule has 18 heavy (non-hydrogen) atoms. The van der Waals surface area contributed by atoms with Gasteiger partial charge in [0.05, 0.1) is 11.5 Å². The number of likely N-dealkylation sites (N-methyl/N-ethyl adjacent to an activating group) is 1. The molecule has 1 amide bonds. The van der Waals surface area contributed by atoms with Crippen LogP contribution in [0.2, 0.25) is 0 Å². The first-order chi connectivity index (χ1) is 8.20. The van der Waals surface area contributed by atoms with Gasteiger partial charge in [0.15, 0.2) is 0 Å². The predicted molar refractivity (Wildman–Crippen MR) is 67.0 cm³/mol. The van der Waals surface area contributed by atoms with Crippen molar-refractivity contribution in [1.82, 2.24) is 4.90 Å². The summed E-state index contributed by atoms with van der Waals surface area (Å²) in [5.41, 5.74) is -0.900. The van der Waals surface area contributed by atoms with Crippen LogP contribution in [0.1, 0.15) is 39.5 Å². The van der Waals surface area contributed by atoms with E-state index in [1.165, 1.54) is 0 Å². The van der Waals surface area contributed by atoms with E-state index in [2.05, 4.69) is 0 Å². The third kappa shape index (κ3) is 4.29. The highest BCUT2D eigenvalue weighted by Gasteiger charge is 2.32. The molecule has 1 rings (SSSR count). The number of aliphatic carboxylic acids is 1. The fourth-order valence-corrected chi connectivity index (χ4v) is 2.56. The van der Waals surface area contributed by atoms with Gasteiger partial charge in [0.2, 0.25) is 5.91 Å². The Morgan fingerprint density at radius 2 is 1.61 bits per heavy atom. The van der Waals surface area contributed by atoms with Crippen molar-refractivity contribution >= 4 is 11.9 Å². The minimum Gasteiger partial charge on any atom is -0.481 e. The van der Waals surface area contributed by atoms with E-state index in [9.17, 15) is 14.7 Å². The number of rotatable bonds is 4. The van der Waals surface area contributed by atoms with Crippen LogP contribution < -0.4 is 0 Å². The maximum atomic E-state index is 12.1. The second-order valence-electron chi connectivity index (χ2n) is 5.89. The zero-order chi connectivity index (χ0) is 13.9. The van der Waals surface area contributed by atoms with E-state index in [4.69, 9.17) is 5.11 Å². The average Bonchev–Trinajstić information content (AvgIpc) is 2.26. The number of carboxylic acid groups (broad SMARTS) is 1. The SMILES string of the molecule is CN(CC(C)(C)O)C(=O)C1CCC(C(=O)O)CC1. The van der Waals surface area contributed by atoms with Crippen molar-refractivity contribution in [3.8, 4) is 0 Å². The fourth-order valence-electron chi connectivity index (χ4n) is 2.56. The van der Waals surface area contributed by atoms with Gasteiger partial charge in [-0.15, -0.1) is 0 Å². The molecule has 1 saturated carbocycles. The highest BCUT2D eigenvalue weighted by atomic mass is 16.4. The maximum Gasteiger partial charge on any atom is 0.306 e. The molecule has 0 atom stereocenters. The molecule has 0 unspecified atom stereocenters. The summed E-state index contributed by atoms with van der Waals surface area (Å²) in [6.45, 7) is 3.63. The predicted octanol–water partition coefficient (Wildman–Crippen LogP) is 1.11. The first kappa shape index (κ1) is 15.0. The molecule has 0 spiro atoms. The monoisotopic (exact) mass is 257 g/mol. The van der Waals surface area contributed by atoms with Crippen LogP contribution in [0.3, 0.4) is 0 Å². The van der Waals surface area contributed by atoms with Crippen molar-refractivity contribution in [2.75, 3.05) is 13.6 Å². The first-order valence-corrected chi connectivity index (χ1v) is 6.41. The molecular weight excluding hydrogens is 234 g/mol. The van der Waals surface area contributed by atoms with Crippen LogP contribution in [0.4, 0.5) is 0 Å². The molecule has 0 aromatic rings. The van der Waals surface area contributed by atoms with Crippen molar-refractivity contribution in [1.29, 1.82) is 0 Å². The lowest BCUT2D eigenvalue weighted by Gasteiger charge is -2.31. The van der Waals surface area contributed by atoms with E-state index in [0.29, 0.717) is 32.2 Å². The van der Waals surface area contributed by atoms with Crippen molar-refractivity contribution in [2.45, 2.75) is 45.1 Å². The van der Waals surface area contributed by atoms with Crippen molar-refractivity contribution in [2.24, 2.45) is 11.8 Å². The Hall–Kier alpha value is -1.10. The zero-order valence-electron chi connectivity index (χ0n) is 11.3. The highest BCUT2D eigenvalue weighted by Crippen LogP contribution is 2.30. The largest absolute Gasteiger partial charge is 0.481 e. The average molecular weight is 257 g/mol. The summed E-state index contributed by atoms with van der Waals surface area (Å²) < 4.78 is 0. The Bertz CT molecular complexity index is 313. The normalized spacial score (nSPS) is 24.7. The van der Waals surface area contributed by atoms with Gasteiger partial charge in [0, 0.05) is 19.5 Å². The molecule has 0 bridgehead atoms. The number of hydrogen-bond donors (Lipinski definition) is 2. The Kier molecular flexibility index (Phi) is 4.73. The lowest BCUT2D eigenvalue weighted by molar-refractivity contribution is -0.146. The summed E-state index contributed by atoms with van der Waals surface area (Å²) in [6, 6.07) is 0. The molecule has 5 heteroatoms. The molecule has 2 N–H and O–H groups in total. The van der Waals surface area contributed by atoms with Gasteiger partial charge < -0.3 is 15.1 Å². The summed E-state index contributed by atoms with van der Waals surface area (Å²) in [6.07, 6.45) is 2.40. The Balaban J connectivity index is 2.47. The van der Waals surface area contributed by atoms with Gasteiger partial charge in [-0.05, 0) is 39.5 Å². The quantitative estimate of drug-likeness (QED) is 0.790. The first-order valence-electron chi connectivity index (χ1n) is 6.41. The molecule has 1 fully saturated rings. The third-order valence-electron chi connectivity index (χ3n) is 3.43. The second-order valence-corrected chi connectivity index (χ2v) is 5.89. The van der Waals surface area contributed by atoms with Crippen LogP contribution in [0.5, 0.6) is 0 Å². The van der Waals surface area contributed by atoms with Gasteiger partial charge in [-0.3, -0.25) is 9.59 Å². The molecule has 0 radical (unpaired) electrons. The fraction of sp³-hybridized carbons (Fsp3) is 0.846. The molecule has 1 aliphatic rings. The number of carboxylic acids is 1. The lowest BCUT2D eigenvalue weighted by Crippen LogP contribution is -2.43. The standard InChI is InChI=1S/C13H23NO4/c1-13(2,18)8-14(3)11(15)9-4-6-10(7-5-9)12(16)17/h9-10,18H,4-8H2,1-3H3,(H,16,17). The number of hydrogen-bond acceptors (Lipinski definition) is 3. The van der Waals surface area contributed by atoms with Gasteiger partial charge >= 0.3 is 5.97 Å². The maximum absolute atomic E-state index is 12.1. The Morgan fingerprint density at radius 3 is 2.00 bits per heavy atom. The number of nitrogens with zero attached hydrogens (tertiary/aromatic N) is 1. The Labute approximate surface area is 108 Å². The van der Waals surface area contributed by atoms with E-state index in [1.807, 2.05) is 0 Å². The van der Waals surface area contributed by atoms with Gasteiger partial charge in [0.25, 0.3) is 0 Å². The van der Waals surface area contributed by atoms with Crippen LogP contribution >= 0.6 is 0 Å². The Morgan fingerprint density at radius 1 is 1.17 bits per heavy atom. The van der Waals surface area contributed by atoms with E-state index in [0.717, 1.165) is 0 Å². The van der Waals surface area contributed by atoms with Crippen molar-refractivity contribution in [3.63, 3.8) is 0 Å². The zero-order valence-corrected chi connectivity index (χ0v) is 11.3. The van der Waals surface area contributed by atoms with Crippen LogP contribution in [-0.4, -0.2) is 46.2 Å². The lowest BCUT2D eigenvalue weighted by atomic mass is 9.81. The molecule has 5 nitrogen and oxygen atoms in total. The molecule has 1 aliphatic carbocycles. The number of carbonyl (C=O) groups excluding carboxylic acids is 1. The van der Waals surface area contributed by atoms with Crippen LogP contribution in [0.15, 0.2) is 0 Å². The van der Waals surface area contributed by atoms with Gasteiger partial charge in [-0.1, -0.05) is 0 Å². The van der Waals surface area contributed by atoms with Crippen LogP contribution in [-0.2, 0) is 9.59 Å². The topological polar surface area (TPSA) is 77.8 Å². The summed E-state index contributed by atoms with van der Waals surface area (Å²) in [5.74, 6) is -1.13. The molecule has 0 aromatic heterocycles. The molecule has 104 valence electrons. The summed E-state index contributed by atoms with van der Waals surface area (Å²) in [7, 11) is 1.68. The van der Waals surface area contributed by atoms with Crippen LogP contribution in [0, 0.1) is 11.8 Å². The third-order valence-corrected chi connectivity index (χ3v) is 3.43. The number of carbonyl (C=O) groups is 2. The summed E-state index contributed by atoms with van der Waals surface area (Å²) in [4.78, 5) is 24.5. The number of amides is 1. The molecule has 0 aromatic carbocycles. The van der Waals surface area contributed by atoms with E-state index in [1.54, 1.807) is 25.8 Å². The van der Waals surface area contributed by atoms with Gasteiger partial charge in [-0.2, -0.15) is 0 Å². The van der Waals surface area contributed by atoms with Crippen molar-refractivity contribution in [3.05, 3.63) is 0 Å². The van der Waals surface area contributed by atoms with Gasteiger partial charge in [0.1, 0.15) is 0 Å². The van der Waals surface area contributed by atoms with Crippen molar-refractivity contribution < 1.29 is 19.8 Å². The van der Waals surface area contributed by atoms with E-state index >= 15 is 0 Å². The van der Waals surface area contributed by atoms with E-state index in [-0.39, 0.29) is 17.7 Å². The second kappa shape index (κ2) is 5.69. The molecular formula is C13H23NO4. The summed E-state index contributed by atoms with van der Waals surface area (Å²) in [5, 5.41) is 18.6. The van der Waals surface area contributed by atoms with Crippen LogP contribution in [0.25, 0.3) is 0 Å². The van der Waals surface area contributed by atoms with Gasteiger partial charge in [-0.25, -0.2) is 0 Å². The van der Waals surface area contributed by atoms with E-state index < -0.39 is 11.6 Å². The molecule has 0 aliphatic heterocycles. The minimum atomic E-state index is -0.900. The minimum absolute atomic E-state index is 0.0148. The molecule has 0 saturated heterocycles. The smallest absolute Gasteiger partial charge is 0.306 e. The number of aliphatic hydroxyl groups is 1. The summed E-state index contributed by atoms with van der Waals surface area (Å²) >= 11 is 0. The highest BCUT2D eigenvalue weighted by molar-refractivity contribution is 5.79. The molecule has 0 heterocycles.